The van der Waals surface area contributed by atoms with E-state index in [0.717, 1.165) is 5.02 Å². The molecule has 0 spiro atoms. The number of aryl methyl sites for hydroxylation is 1. The Kier molecular flexibility index (Phi) is 4.32. The minimum atomic E-state index is 0.412. The second kappa shape index (κ2) is 6.21. The zero-order valence-corrected chi connectivity index (χ0v) is 13.4. The van der Waals surface area contributed by atoms with Crippen molar-refractivity contribution in [2.24, 2.45) is 0 Å². The first-order chi connectivity index (χ1) is 10.1. The molecule has 0 aliphatic heterocycles. The van der Waals surface area contributed by atoms with Crippen molar-refractivity contribution < 1.29 is 0 Å². The normalized spacial score (nSPS) is 22.6. The molecule has 1 fully saturated rings. The molecule has 2 aromatic rings. The van der Waals surface area contributed by atoms with Crippen LogP contribution in [0.2, 0.25) is 5.02 Å². The Hall–Kier alpha value is -1.31. The molecule has 0 bridgehead atoms. The van der Waals surface area contributed by atoms with Crippen LogP contribution in [0.3, 0.4) is 0 Å². The van der Waals surface area contributed by atoms with E-state index < -0.39 is 0 Å². The lowest BCUT2D eigenvalue weighted by atomic mass is 9.75. The van der Waals surface area contributed by atoms with E-state index in [1.54, 1.807) is 0 Å². The minimum absolute atomic E-state index is 0.412. The first-order valence-electron chi connectivity index (χ1n) is 7.70. The fraction of sp³-hybridized carbons (Fsp3) is 0.368. The Morgan fingerprint density at radius 1 is 1.10 bits per heavy atom. The van der Waals surface area contributed by atoms with Crippen molar-refractivity contribution in [3.63, 3.8) is 0 Å². The summed E-state index contributed by atoms with van der Waals surface area (Å²) in [5, 5.41) is 4.59. The van der Waals surface area contributed by atoms with Crippen LogP contribution in [0.25, 0.3) is 0 Å². The lowest BCUT2D eigenvalue weighted by molar-refractivity contribution is 0.271. The Balaban J connectivity index is 1.55. The van der Waals surface area contributed by atoms with Gasteiger partial charge in [0.25, 0.3) is 0 Å². The maximum absolute atomic E-state index is 6.07. The van der Waals surface area contributed by atoms with Gasteiger partial charge in [0.15, 0.2) is 0 Å². The monoisotopic (exact) mass is 299 g/mol. The lowest BCUT2D eigenvalue weighted by Crippen LogP contribution is -2.41. The highest BCUT2D eigenvalue weighted by Gasteiger charge is 2.31. The highest BCUT2D eigenvalue weighted by Crippen LogP contribution is 2.38. The van der Waals surface area contributed by atoms with Gasteiger partial charge in [0.2, 0.25) is 0 Å². The van der Waals surface area contributed by atoms with Crippen LogP contribution >= 0.6 is 11.6 Å². The maximum atomic E-state index is 6.07. The molecular formula is C19H22ClN. The molecule has 1 nitrogen and oxygen atoms in total. The number of hydrogen-bond donors (Lipinski definition) is 1. The molecule has 21 heavy (non-hydrogen) atoms. The largest absolute Gasteiger partial charge is 0.307 e. The third-order valence-corrected chi connectivity index (χ3v) is 4.72. The predicted molar refractivity (Wildman–Crippen MR) is 89.9 cm³/mol. The van der Waals surface area contributed by atoms with Gasteiger partial charge in [-0.3, -0.25) is 0 Å². The molecule has 0 unspecified atom stereocenters. The van der Waals surface area contributed by atoms with E-state index in [2.05, 4.69) is 55.6 Å². The van der Waals surface area contributed by atoms with Crippen LogP contribution in [0.4, 0.5) is 0 Å². The van der Waals surface area contributed by atoms with Crippen LogP contribution in [0.1, 0.15) is 48.4 Å². The van der Waals surface area contributed by atoms with Crippen molar-refractivity contribution in [2.75, 3.05) is 0 Å². The number of halogens is 1. The standard InChI is InChI=1S/C19H22ClN/c1-13-5-3-6-15(9-13)14(2)21-19-11-17(12-19)16-7-4-8-18(20)10-16/h3-10,14,17,19,21H,11-12H2,1-2H3/t14-,17?,19?/m0/s1. The maximum Gasteiger partial charge on any atom is 0.0408 e. The van der Waals surface area contributed by atoms with Gasteiger partial charge in [-0.1, -0.05) is 53.6 Å². The molecule has 0 radical (unpaired) electrons. The van der Waals surface area contributed by atoms with Crippen molar-refractivity contribution in [3.05, 3.63) is 70.2 Å². The quantitative estimate of drug-likeness (QED) is 0.813. The van der Waals surface area contributed by atoms with E-state index in [1.165, 1.54) is 29.5 Å². The number of benzene rings is 2. The summed E-state index contributed by atoms with van der Waals surface area (Å²) < 4.78 is 0. The summed E-state index contributed by atoms with van der Waals surface area (Å²) >= 11 is 6.07. The Labute approximate surface area is 132 Å². The fourth-order valence-corrected chi connectivity index (χ4v) is 3.37. The average Bonchev–Trinajstić information content (AvgIpc) is 2.42. The Morgan fingerprint density at radius 3 is 2.57 bits per heavy atom. The van der Waals surface area contributed by atoms with Crippen LogP contribution in [-0.4, -0.2) is 6.04 Å². The molecule has 2 heteroatoms. The van der Waals surface area contributed by atoms with Gasteiger partial charge in [0, 0.05) is 17.1 Å². The van der Waals surface area contributed by atoms with Gasteiger partial charge in [0.05, 0.1) is 0 Å². The summed E-state index contributed by atoms with van der Waals surface area (Å²) in [6.45, 7) is 4.40. The summed E-state index contributed by atoms with van der Waals surface area (Å²) in [4.78, 5) is 0. The smallest absolute Gasteiger partial charge is 0.0408 e. The van der Waals surface area contributed by atoms with Crippen LogP contribution in [0.5, 0.6) is 0 Å². The van der Waals surface area contributed by atoms with Gasteiger partial charge in [-0.2, -0.15) is 0 Å². The highest BCUT2D eigenvalue weighted by atomic mass is 35.5. The van der Waals surface area contributed by atoms with Crippen LogP contribution < -0.4 is 5.32 Å². The molecule has 0 amide bonds. The van der Waals surface area contributed by atoms with E-state index in [1.807, 2.05) is 12.1 Å². The molecule has 1 aliphatic rings. The van der Waals surface area contributed by atoms with Crippen LogP contribution in [0.15, 0.2) is 48.5 Å². The van der Waals surface area contributed by atoms with E-state index in [9.17, 15) is 0 Å². The minimum Gasteiger partial charge on any atom is -0.307 e. The van der Waals surface area contributed by atoms with Gasteiger partial charge in [-0.25, -0.2) is 0 Å². The van der Waals surface area contributed by atoms with Gasteiger partial charge in [-0.05, 0) is 55.9 Å². The molecule has 2 aromatic carbocycles. The van der Waals surface area contributed by atoms with Gasteiger partial charge in [-0.15, -0.1) is 0 Å². The van der Waals surface area contributed by atoms with Crippen molar-refractivity contribution in [2.45, 2.75) is 44.7 Å². The van der Waals surface area contributed by atoms with Crippen LogP contribution in [-0.2, 0) is 0 Å². The van der Waals surface area contributed by atoms with Gasteiger partial charge in [0.1, 0.15) is 0 Å². The van der Waals surface area contributed by atoms with Crippen molar-refractivity contribution in [3.8, 4) is 0 Å². The second-order valence-corrected chi connectivity index (χ2v) is 6.66. The Morgan fingerprint density at radius 2 is 1.86 bits per heavy atom. The molecule has 1 aliphatic carbocycles. The molecule has 3 rings (SSSR count). The summed E-state index contributed by atoms with van der Waals surface area (Å²) in [7, 11) is 0. The Bertz CT molecular complexity index is 616. The summed E-state index contributed by atoms with van der Waals surface area (Å²) in [5.74, 6) is 0.658. The predicted octanol–water partition coefficient (Wildman–Crippen LogP) is 5.25. The molecule has 0 heterocycles. The topological polar surface area (TPSA) is 12.0 Å². The molecule has 0 aromatic heterocycles. The first kappa shape index (κ1) is 14.6. The van der Waals surface area contributed by atoms with Crippen molar-refractivity contribution in [1.82, 2.24) is 5.32 Å². The van der Waals surface area contributed by atoms with Gasteiger partial charge < -0.3 is 5.32 Å². The zero-order chi connectivity index (χ0) is 14.8. The summed E-state index contributed by atoms with van der Waals surface area (Å²) in [5.41, 5.74) is 4.08. The average molecular weight is 300 g/mol. The van der Waals surface area contributed by atoms with Crippen molar-refractivity contribution >= 4 is 11.6 Å². The molecule has 1 saturated carbocycles. The summed E-state index contributed by atoms with van der Waals surface area (Å²) in [6.07, 6.45) is 2.41. The first-order valence-corrected chi connectivity index (χ1v) is 8.07. The second-order valence-electron chi connectivity index (χ2n) is 6.22. The molecule has 1 N–H and O–H groups in total. The molecule has 1 atom stereocenters. The molecule has 0 saturated heterocycles. The lowest BCUT2D eigenvalue weighted by Gasteiger charge is -2.38. The third kappa shape index (κ3) is 3.48. The fourth-order valence-electron chi connectivity index (χ4n) is 3.18. The van der Waals surface area contributed by atoms with Crippen LogP contribution in [0, 0.1) is 6.92 Å². The zero-order valence-electron chi connectivity index (χ0n) is 12.6. The van der Waals surface area contributed by atoms with Crippen molar-refractivity contribution in [1.29, 1.82) is 0 Å². The van der Waals surface area contributed by atoms with E-state index in [0.29, 0.717) is 18.0 Å². The SMILES string of the molecule is Cc1cccc([C@H](C)NC2CC(c3cccc(Cl)c3)C2)c1. The molecule has 110 valence electrons. The van der Waals surface area contributed by atoms with E-state index in [4.69, 9.17) is 11.6 Å². The summed E-state index contributed by atoms with van der Waals surface area (Å²) in [6, 6.07) is 18.1. The highest BCUT2D eigenvalue weighted by molar-refractivity contribution is 6.30. The number of rotatable bonds is 4. The number of nitrogens with one attached hydrogen (secondary N) is 1. The third-order valence-electron chi connectivity index (χ3n) is 4.49. The number of hydrogen-bond acceptors (Lipinski definition) is 1. The van der Waals surface area contributed by atoms with Gasteiger partial charge >= 0.3 is 0 Å². The molecular weight excluding hydrogens is 278 g/mol. The van der Waals surface area contributed by atoms with E-state index >= 15 is 0 Å². The van der Waals surface area contributed by atoms with E-state index in [-0.39, 0.29) is 0 Å².